The summed E-state index contributed by atoms with van der Waals surface area (Å²) in [7, 11) is 1.54. The largest absolute Gasteiger partial charge is 0.363 e. The van der Waals surface area contributed by atoms with Gasteiger partial charge in [-0.25, -0.2) is 19.3 Å². The molecule has 0 radical (unpaired) electrons. The Bertz CT molecular complexity index is 1220. The summed E-state index contributed by atoms with van der Waals surface area (Å²) in [5.74, 6) is 0.163. The SMILES string of the molecule is CNC(=O)c1cc(N[C@@H](C)c2ccc(F)cc2)nc(-c2c[nH]c3ncc(Cl)cc23)n1. The van der Waals surface area contributed by atoms with Gasteiger partial charge in [-0.3, -0.25) is 4.79 Å². The van der Waals surface area contributed by atoms with Crippen LogP contribution in [0.2, 0.25) is 5.02 Å². The second-order valence-electron chi connectivity index (χ2n) is 6.71. The van der Waals surface area contributed by atoms with Gasteiger partial charge in [0, 0.05) is 42.5 Å². The van der Waals surface area contributed by atoms with Gasteiger partial charge in [0.15, 0.2) is 5.82 Å². The molecule has 9 heteroatoms. The minimum Gasteiger partial charge on any atom is -0.363 e. The van der Waals surface area contributed by atoms with E-state index < -0.39 is 0 Å². The average Bonchev–Trinajstić information content (AvgIpc) is 3.16. The second-order valence-corrected chi connectivity index (χ2v) is 7.15. The number of nitrogens with one attached hydrogen (secondary N) is 3. The van der Waals surface area contributed by atoms with E-state index >= 15 is 0 Å². The zero-order valence-corrected chi connectivity index (χ0v) is 17.0. The van der Waals surface area contributed by atoms with Crippen molar-refractivity contribution in [3.05, 3.63) is 70.9 Å². The number of hydrogen-bond donors (Lipinski definition) is 3. The number of aromatic amines is 1. The molecule has 0 spiro atoms. The van der Waals surface area contributed by atoms with Gasteiger partial charge in [-0.1, -0.05) is 23.7 Å². The third-order valence-electron chi connectivity index (χ3n) is 4.66. The van der Waals surface area contributed by atoms with E-state index in [4.69, 9.17) is 11.6 Å². The fraction of sp³-hybridized carbons (Fsp3) is 0.143. The molecule has 0 aliphatic heterocycles. The Morgan fingerprint density at radius 2 is 1.97 bits per heavy atom. The van der Waals surface area contributed by atoms with Crippen LogP contribution in [-0.2, 0) is 0 Å². The molecule has 4 aromatic rings. The molecule has 7 nitrogen and oxygen atoms in total. The maximum atomic E-state index is 13.2. The van der Waals surface area contributed by atoms with E-state index in [1.54, 1.807) is 36.7 Å². The Kier molecular flexibility index (Phi) is 5.33. The van der Waals surface area contributed by atoms with Gasteiger partial charge in [0.05, 0.1) is 5.02 Å². The number of carbonyl (C=O) groups is 1. The monoisotopic (exact) mass is 424 g/mol. The first kappa shape index (κ1) is 19.8. The van der Waals surface area contributed by atoms with E-state index in [2.05, 4.69) is 30.6 Å². The lowest BCUT2D eigenvalue weighted by atomic mass is 10.1. The number of nitrogens with zero attached hydrogens (tertiary/aromatic N) is 3. The first-order chi connectivity index (χ1) is 14.4. The van der Waals surface area contributed by atoms with E-state index in [1.165, 1.54) is 19.2 Å². The Balaban J connectivity index is 1.76. The number of rotatable bonds is 5. The van der Waals surface area contributed by atoms with Crippen molar-refractivity contribution in [1.82, 2.24) is 25.3 Å². The molecule has 0 saturated carbocycles. The van der Waals surface area contributed by atoms with Gasteiger partial charge < -0.3 is 15.6 Å². The maximum Gasteiger partial charge on any atom is 0.269 e. The minimum absolute atomic E-state index is 0.176. The number of benzene rings is 1. The van der Waals surface area contributed by atoms with Gasteiger partial charge in [-0.15, -0.1) is 0 Å². The van der Waals surface area contributed by atoms with Crippen molar-refractivity contribution in [2.24, 2.45) is 0 Å². The fourth-order valence-electron chi connectivity index (χ4n) is 3.11. The van der Waals surface area contributed by atoms with Crippen LogP contribution in [0.15, 0.2) is 48.8 Å². The molecule has 3 heterocycles. The predicted octanol–water partition coefficient (Wildman–Crippen LogP) is 4.35. The molecule has 0 aliphatic carbocycles. The molecule has 1 amide bonds. The number of halogens is 2. The predicted molar refractivity (Wildman–Crippen MR) is 114 cm³/mol. The van der Waals surface area contributed by atoms with Crippen LogP contribution in [0.1, 0.15) is 29.0 Å². The molecule has 1 aromatic carbocycles. The summed E-state index contributed by atoms with van der Waals surface area (Å²) in [6.07, 6.45) is 3.27. The average molecular weight is 425 g/mol. The van der Waals surface area contributed by atoms with Crippen LogP contribution in [0.4, 0.5) is 10.2 Å². The zero-order valence-electron chi connectivity index (χ0n) is 16.2. The second kappa shape index (κ2) is 8.08. The summed E-state index contributed by atoms with van der Waals surface area (Å²) in [6.45, 7) is 1.92. The van der Waals surface area contributed by atoms with Crippen molar-refractivity contribution >= 4 is 34.4 Å². The van der Waals surface area contributed by atoms with Crippen LogP contribution < -0.4 is 10.6 Å². The summed E-state index contributed by atoms with van der Waals surface area (Å²) in [6, 6.07) is 9.35. The highest BCUT2D eigenvalue weighted by atomic mass is 35.5. The van der Waals surface area contributed by atoms with Gasteiger partial charge in [-0.2, -0.15) is 0 Å². The Labute approximate surface area is 176 Å². The number of carbonyl (C=O) groups excluding carboxylic acids is 1. The fourth-order valence-corrected chi connectivity index (χ4v) is 3.26. The molecule has 30 heavy (non-hydrogen) atoms. The lowest BCUT2D eigenvalue weighted by Crippen LogP contribution is -2.20. The maximum absolute atomic E-state index is 13.2. The quantitative estimate of drug-likeness (QED) is 0.442. The van der Waals surface area contributed by atoms with Gasteiger partial charge in [0.2, 0.25) is 0 Å². The van der Waals surface area contributed by atoms with Gasteiger partial charge in [0.25, 0.3) is 5.91 Å². The molecule has 0 aliphatic rings. The number of fused-ring (bicyclic) bond motifs is 1. The standard InChI is InChI=1S/C21H18ClFN6O/c1-11(12-3-5-14(23)6-4-12)27-18-8-17(21(30)24-2)28-20(29-18)16-10-26-19-15(16)7-13(22)9-25-19/h3-11H,1-2H3,(H,24,30)(H,25,26)(H,27,28,29)/t11-/m0/s1. The highest BCUT2D eigenvalue weighted by Gasteiger charge is 2.17. The van der Waals surface area contributed by atoms with Crippen LogP contribution in [0.5, 0.6) is 0 Å². The molecule has 3 N–H and O–H groups in total. The number of H-pyrrole nitrogens is 1. The minimum atomic E-state index is -0.341. The lowest BCUT2D eigenvalue weighted by Gasteiger charge is -2.16. The van der Waals surface area contributed by atoms with Crippen molar-refractivity contribution in [2.45, 2.75) is 13.0 Å². The first-order valence-corrected chi connectivity index (χ1v) is 9.58. The molecule has 0 fully saturated rings. The smallest absolute Gasteiger partial charge is 0.269 e. The van der Waals surface area contributed by atoms with Crippen LogP contribution in [0, 0.1) is 5.82 Å². The van der Waals surface area contributed by atoms with E-state index in [9.17, 15) is 9.18 Å². The van der Waals surface area contributed by atoms with Crippen LogP contribution in [0.3, 0.4) is 0 Å². The summed E-state index contributed by atoms with van der Waals surface area (Å²) in [4.78, 5) is 28.6. The van der Waals surface area contributed by atoms with Gasteiger partial charge in [-0.05, 0) is 30.7 Å². The summed E-state index contributed by atoms with van der Waals surface area (Å²) < 4.78 is 13.2. The van der Waals surface area contributed by atoms with Crippen LogP contribution in [-0.4, -0.2) is 32.9 Å². The third-order valence-corrected chi connectivity index (χ3v) is 4.87. The summed E-state index contributed by atoms with van der Waals surface area (Å²) in [5, 5.41) is 7.06. The molecule has 0 unspecified atom stereocenters. The number of hydrogen-bond acceptors (Lipinski definition) is 5. The Morgan fingerprint density at radius 3 is 2.70 bits per heavy atom. The Morgan fingerprint density at radius 1 is 1.20 bits per heavy atom. The lowest BCUT2D eigenvalue weighted by molar-refractivity contribution is 0.0958. The van der Waals surface area contributed by atoms with Crippen molar-refractivity contribution < 1.29 is 9.18 Å². The molecule has 3 aromatic heterocycles. The van der Waals surface area contributed by atoms with E-state index in [0.717, 1.165) is 10.9 Å². The highest BCUT2D eigenvalue weighted by Crippen LogP contribution is 2.29. The number of amides is 1. The van der Waals surface area contributed by atoms with Crippen molar-refractivity contribution in [1.29, 1.82) is 0 Å². The van der Waals surface area contributed by atoms with Crippen molar-refractivity contribution in [2.75, 3.05) is 12.4 Å². The third kappa shape index (κ3) is 3.95. The molecule has 0 saturated heterocycles. The van der Waals surface area contributed by atoms with Crippen LogP contribution >= 0.6 is 11.6 Å². The normalized spacial score (nSPS) is 12.0. The van der Waals surface area contributed by atoms with Gasteiger partial charge in [0.1, 0.15) is 23.0 Å². The van der Waals surface area contributed by atoms with Crippen molar-refractivity contribution in [3.63, 3.8) is 0 Å². The molecular weight excluding hydrogens is 407 g/mol. The molecule has 152 valence electrons. The summed E-state index contributed by atoms with van der Waals surface area (Å²) >= 11 is 6.10. The topological polar surface area (TPSA) is 95.6 Å². The highest BCUT2D eigenvalue weighted by molar-refractivity contribution is 6.31. The van der Waals surface area contributed by atoms with E-state index in [-0.39, 0.29) is 23.5 Å². The van der Waals surface area contributed by atoms with Gasteiger partial charge >= 0.3 is 0 Å². The van der Waals surface area contributed by atoms with Crippen molar-refractivity contribution in [3.8, 4) is 11.4 Å². The number of pyridine rings is 1. The molecule has 1 atom stereocenters. The Hall–Kier alpha value is -3.52. The molecular formula is C21H18ClFN6O. The molecule has 4 rings (SSSR count). The number of aromatic nitrogens is 4. The zero-order chi connectivity index (χ0) is 21.3. The van der Waals surface area contributed by atoms with Crippen LogP contribution in [0.25, 0.3) is 22.4 Å². The molecule has 0 bridgehead atoms. The van der Waals surface area contributed by atoms with E-state index in [0.29, 0.717) is 27.9 Å². The number of anilines is 1. The summed E-state index contributed by atoms with van der Waals surface area (Å²) in [5.41, 5.74) is 2.39. The van der Waals surface area contributed by atoms with E-state index in [1.807, 2.05) is 6.92 Å². The first-order valence-electron chi connectivity index (χ1n) is 9.21.